The van der Waals surface area contributed by atoms with Crippen molar-refractivity contribution in [1.82, 2.24) is 15.1 Å². The van der Waals surface area contributed by atoms with Gasteiger partial charge in [-0.05, 0) is 32.1 Å². The normalized spacial score (nSPS) is 22.5. The van der Waals surface area contributed by atoms with Gasteiger partial charge in [-0.25, -0.2) is 0 Å². The Kier molecular flexibility index (Phi) is 5.39. The minimum absolute atomic E-state index is 0.116. The van der Waals surface area contributed by atoms with Gasteiger partial charge in [0.2, 0.25) is 0 Å². The van der Waals surface area contributed by atoms with Gasteiger partial charge in [-0.2, -0.15) is 5.10 Å². The third-order valence-corrected chi connectivity index (χ3v) is 4.31. The molecule has 2 N–H and O–H groups in total. The average Bonchev–Trinajstić information content (AvgIpc) is 2.80. The van der Waals surface area contributed by atoms with Gasteiger partial charge < -0.3 is 10.4 Å². The fourth-order valence-electron chi connectivity index (χ4n) is 2.80. The first-order chi connectivity index (χ1) is 9.99. The molecule has 0 bridgehead atoms. The van der Waals surface area contributed by atoms with Crippen LogP contribution in [0.1, 0.15) is 62.0 Å². The smallest absolute Gasteiger partial charge is 0.255 e. The van der Waals surface area contributed by atoms with Gasteiger partial charge in [0.25, 0.3) is 5.91 Å². The average molecular weight is 293 g/mol. The largest absolute Gasteiger partial charge is 0.391 e. The lowest BCUT2D eigenvalue weighted by Crippen LogP contribution is -2.45. The summed E-state index contributed by atoms with van der Waals surface area (Å²) in [4.78, 5) is 12.4. The summed E-state index contributed by atoms with van der Waals surface area (Å²) < 4.78 is 1.90. The standard InChI is InChI=1S/C16H27N3O2/c1-11(2)8-9-19-12(3)13(10-17-19)16(21)18-14-6-4-5-7-15(14)20/h10-11,14-15,20H,4-9H2,1-3H3,(H,18,21). The fourth-order valence-corrected chi connectivity index (χ4v) is 2.80. The molecular weight excluding hydrogens is 266 g/mol. The maximum atomic E-state index is 12.4. The van der Waals surface area contributed by atoms with Crippen LogP contribution in [0.25, 0.3) is 0 Å². The number of carbonyl (C=O) groups is 1. The number of amides is 1. The van der Waals surface area contributed by atoms with E-state index in [1.165, 1.54) is 0 Å². The Hall–Kier alpha value is -1.36. The Bertz CT molecular complexity index is 482. The minimum atomic E-state index is -0.418. The summed E-state index contributed by atoms with van der Waals surface area (Å²) in [6.45, 7) is 7.12. The molecule has 0 aromatic carbocycles. The maximum Gasteiger partial charge on any atom is 0.255 e. The first-order valence-corrected chi connectivity index (χ1v) is 8.00. The van der Waals surface area contributed by atoms with Crippen LogP contribution >= 0.6 is 0 Å². The van der Waals surface area contributed by atoms with Crippen LogP contribution in [-0.4, -0.2) is 32.9 Å². The van der Waals surface area contributed by atoms with E-state index in [1.807, 2.05) is 11.6 Å². The molecule has 21 heavy (non-hydrogen) atoms. The number of aromatic nitrogens is 2. The highest BCUT2D eigenvalue weighted by Gasteiger charge is 2.26. The fraction of sp³-hybridized carbons (Fsp3) is 0.750. The lowest BCUT2D eigenvalue weighted by Gasteiger charge is -2.28. The van der Waals surface area contributed by atoms with E-state index in [2.05, 4.69) is 24.3 Å². The quantitative estimate of drug-likeness (QED) is 0.875. The zero-order valence-electron chi connectivity index (χ0n) is 13.3. The summed E-state index contributed by atoms with van der Waals surface area (Å²) in [5.74, 6) is 0.498. The second-order valence-electron chi connectivity index (χ2n) is 6.48. The van der Waals surface area contributed by atoms with E-state index in [0.29, 0.717) is 11.5 Å². The van der Waals surface area contributed by atoms with E-state index in [1.54, 1.807) is 6.20 Å². The van der Waals surface area contributed by atoms with Crippen molar-refractivity contribution in [2.75, 3.05) is 0 Å². The topological polar surface area (TPSA) is 67.2 Å². The molecule has 1 aromatic rings. The maximum absolute atomic E-state index is 12.4. The van der Waals surface area contributed by atoms with Gasteiger partial charge >= 0.3 is 0 Å². The Morgan fingerprint density at radius 3 is 2.86 bits per heavy atom. The SMILES string of the molecule is Cc1c(C(=O)NC2CCCCC2O)cnn1CCC(C)C. The molecule has 2 unspecified atom stereocenters. The van der Waals surface area contributed by atoms with Crippen LogP contribution in [0.15, 0.2) is 6.20 Å². The van der Waals surface area contributed by atoms with Crippen molar-refractivity contribution < 1.29 is 9.90 Å². The zero-order valence-corrected chi connectivity index (χ0v) is 13.3. The van der Waals surface area contributed by atoms with Crippen molar-refractivity contribution in [3.8, 4) is 0 Å². The second kappa shape index (κ2) is 7.07. The summed E-state index contributed by atoms with van der Waals surface area (Å²) >= 11 is 0. The molecule has 1 saturated carbocycles. The predicted molar refractivity (Wildman–Crippen MR) is 82.1 cm³/mol. The van der Waals surface area contributed by atoms with E-state index in [0.717, 1.165) is 44.3 Å². The van der Waals surface area contributed by atoms with Crippen LogP contribution in [0.2, 0.25) is 0 Å². The van der Waals surface area contributed by atoms with E-state index in [9.17, 15) is 9.90 Å². The molecule has 1 amide bonds. The molecule has 1 aliphatic rings. The van der Waals surface area contributed by atoms with Crippen LogP contribution in [0.4, 0.5) is 0 Å². The monoisotopic (exact) mass is 293 g/mol. The van der Waals surface area contributed by atoms with Crippen LogP contribution in [0.3, 0.4) is 0 Å². The highest BCUT2D eigenvalue weighted by Crippen LogP contribution is 2.19. The Balaban J connectivity index is 1.99. The lowest BCUT2D eigenvalue weighted by atomic mass is 9.92. The highest BCUT2D eigenvalue weighted by molar-refractivity contribution is 5.95. The number of carbonyl (C=O) groups excluding carboxylic acids is 1. The number of hydrogen-bond donors (Lipinski definition) is 2. The van der Waals surface area contributed by atoms with Crippen molar-refractivity contribution >= 4 is 5.91 Å². The molecule has 1 heterocycles. The number of aliphatic hydroxyl groups is 1. The van der Waals surface area contributed by atoms with Gasteiger partial charge in [0.15, 0.2) is 0 Å². The van der Waals surface area contributed by atoms with Crippen LogP contribution in [0, 0.1) is 12.8 Å². The molecule has 118 valence electrons. The van der Waals surface area contributed by atoms with E-state index < -0.39 is 6.10 Å². The van der Waals surface area contributed by atoms with Crippen LogP contribution in [0.5, 0.6) is 0 Å². The van der Waals surface area contributed by atoms with Gasteiger partial charge in [-0.1, -0.05) is 26.7 Å². The Morgan fingerprint density at radius 2 is 2.19 bits per heavy atom. The Morgan fingerprint density at radius 1 is 1.48 bits per heavy atom. The Labute approximate surface area is 126 Å². The zero-order chi connectivity index (χ0) is 15.4. The third-order valence-electron chi connectivity index (χ3n) is 4.31. The first-order valence-electron chi connectivity index (χ1n) is 8.00. The second-order valence-corrected chi connectivity index (χ2v) is 6.48. The van der Waals surface area contributed by atoms with Gasteiger partial charge in [0, 0.05) is 12.2 Å². The van der Waals surface area contributed by atoms with Gasteiger partial charge in [0.05, 0.1) is 23.9 Å². The van der Waals surface area contributed by atoms with E-state index >= 15 is 0 Å². The summed E-state index contributed by atoms with van der Waals surface area (Å²) in [5.41, 5.74) is 1.52. The molecule has 5 nitrogen and oxygen atoms in total. The molecule has 1 aromatic heterocycles. The molecule has 2 rings (SSSR count). The number of hydrogen-bond acceptors (Lipinski definition) is 3. The summed E-state index contributed by atoms with van der Waals surface area (Å²) in [6, 6.07) is -0.121. The molecule has 0 saturated heterocycles. The van der Waals surface area contributed by atoms with Gasteiger partial charge in [0.1, 0.15) is 0 Å². The predicted octanol–water partition coefficient (Wildman–Crippen LogP) is 2.27. The van der Waals surface area contributed by atoms with Gasteiger partial charge in [-0.3, -0.25) is 9.48 Å². The molecule has 0 radical (unpaired) electrons. The molecule has 1 aliphatic carbocycles. The molecule has 1 fully saturated rings. The minimum Gasteiger partial charge on any atom is -0.391 e. The van der Waals surface area contributed by atoms with Gasteiger partial charge in [-0.15, -0.1) is 0 Å². The molecule has 5 heteroatoms. The van der Waals surface area contributed by atoms with Crippen molar-refractivity contribution in [3.05, 3.63) is 17.5 Å². The van der Waals surface area contributed by atoms with Crippen molar-refractivity contribution in [2.45, 2.75) is 71.6 Å². The third kappa shape index (κ3) is 4.06. The highest BCUT2D eigenvalue weighted by atomic mass is 16.3. The number of aryl methyl sites for hydroxylation is 1. The number of rotatable bonds is 5. The van der Waals surface area contributed by atoms with E-state index in [4.69, 9.17) is 0 Å². The lowest BCUT2D eigenvalue weighted by molar-refractivity contribution is 0.0716. The summed E-state index contributed by atoms with van der Waals surface area (Å²) in [5, 5.41) is 17.2. The molecular formula is C16H27N3O2. The van der Waals surface area contributed by atoms with E-state index in [-0.39, 0.29) is 11.9 Å². The number of aliphatic hydroxyl groups excluding tert-OH is 1. The molecule has 2 atom stereocenters. The first kappa shape index (κ1) is 16.0. The molecule has 0 aliphatic heterocycles. The summed E-state index contributed by atoms with van der Waals surface area (Å²) in [7, 11) is 0. The van der Waals surface area contributed by atoms with Crippen molar-refractivity contribution in [1.29, 1.82) is 0 Å². The summed E-state index contributed by atoms with van der Waals surface area (Å²) in [6.07, 6.45) is 6.00. The number of nitrogens with zero attached hydrogens (tertiary/aromatic N) is 2. The van der Waals surface area contributed by atoms with Crippen molar-refractivity contribution in [2.24, 2.45) is 5.92 Å². The van der Waals surface area contributed by atoms with Crippen LogP contribution < -0.4 is 5.32 Å². The number of nitrogens with one attached hydrogen (secondary N) is 1. The van der Waals surface area contributed by atoms with Crippen molar-refractivity contribution in [3.63, 3.8) is 0 Å². The van der Waals surface area contributed by atoms with Crippen LogP contribution in [-0.2, 0) is 6.54 Å². The molecule has 0 spiro atoms.